The topological polar surface area (TPSA) is 46.8 Å². The van der Waals surface area contributed by atoms with Crippen molar-refractivity contribution in [1.29, 1.82) is 0 Å². The van der Waals surface area contributed by atoms with E-state index < -0.39 is 0 Å². The highest BCUT2D eigenvalue weighted by atomic mass is 15.2. The molecule has 0 amide bonds. The molecule has 27 heavy (non-hydrogen) atoms. The van der Waals surface area contributed by atoms with Crippen molar-refractivity contribution >= 4 is 0 Å². The molecule has 0 saturated heterocycles. The summed E-state index contributed by atoms with van der Waals surface area (Å²) in [5.74, 6) is 0.823. The SMILES string of the molecule is c1ccc(-c2ncc3c(n2)CN(Cc2cncn2C2CCCCC2)C3)cc1. The first-order valence-electron chi connectivity index (χ1n) is 10.00. The summed E-state index contributed by atoms with van der Waals surface area (Å²) in [6.45, 7) is 2.72. The molecule has 3 heterocycles. The molecule has 0 radical (unpaired) electrons. The molecule has 1 aromatic carbocycles. The Morgan fingerprint density at radius 3 is 2.67 bits per heavy atom. The molecule has 2 aliphatic rings. The van der Waals surface area contributed by atoms with Gasteiger partial charge in [0.1, 0.15) is 0 Å². The highest BCUT2D eigenvalue weighted by molar-refractivity contribution is 5.54. The Kier molecular flexibility index (Phi) is 4.46. The van der Waals surface area contributed by atoms with Gasteiger partial charge in [0.05, 0.1) is 17.7 Å². The Morgan fingerprint density at radius 2 is 1.81 bits per heavy atom. The Morgan fingerprint density at radius 1 is 0.963 bits per heavy atom. The van der Waals surface area contributed by atoms with Crippen LogP contribution in [-0.2, 0) is 19.6 Å². The molecule has 0 spiro atoms. The van der Waals surface area contributed by atoms with Crippen molar-refractivity contribution < 1.29 is 0 Å². The van der Waals surface area contributed by atoms with Crippen molar-refractivity contribution in [3.63, 3.8) is 0 Å². The lowest BCUT2D eigenvalue weighted by Gasteiger charge is -2.26. The molecule has 3 aromatic rings. The molecular weight excluding hydrogens is 334 g/mol. The predicted molar refractivity (Wildman–Crippen MR) is 105 cm³/mol. The van der Waals surface area contributed by atoms with Crippen molar-refractivity contribution in [1.82, 2.24) is 24.4 Å². The first-order valence-corrected chi connectivity index (χ1v) is 10.00. The van der Waals surface area contributed by atoms with E-state index in [0.717, 1.165) is 36.7 Å². The van der Waals surface area contributed by atoms with E-state index in [4.69, 9.17) is 4.98 Å². The van der Waals surface area contributed by atoms with E-state index in [-0.39, 0.29) is 0 Å². The number of hydrogen-bond donors (Lipinski definition) is 0. The number of imidazole rings is 1. The second kappa shape index (κ2) is 7.24. The second-order valence-electron chi connectivity index (χ2n) is 7.76. The van der Waals surface area contributed by atoms with Crippen LogP contribution in [0, 0.1) is 0 Å². The van der Waals surface area contributed by atoms with E-state index in [1.165, 1.54) is 43.4 Å². The van der Waals surface area contributed by atoms with Gasteiger partial charge in [0, 0.05) is 49.2 Å². The first-order chi connectivity index (χ1) is 13.4. The molecule has 1 saturated carbocycles. The number of benzene rings is 1. The van der Waals surface area contributed by atoms with E-state index in [2.05, 4.69) is 31.6 Å². The number of hydrogen-bond acceptors (Lipinski definition) is 4. The molecule has 0 atom stereocenters. The zero-order valence-corrected chi connectivity index (χ0v) is 15.6. The average molecular weight is 359 g/mol. The number of aromatic nitrogens is 4. The van der Waals surface area contributed by atoms with Crippen LogP contribution < -0.4 is 0 Å². The van der Waals surface area contributed by atoms with Gasteiger partial charge < -0.3 is 4.57 Å². The smallest absolute Gasteiger partial charge is 0.159 e. The lowest BCUT2D eigenvalue weighted by molar-refractivity contribution is 0.256. The van der Waals surface area contributed by atoms with Crippen LogP contribution in [0.15, 0.2) is 49.1 Å². The summed E-state index contributed by atoms with van der Waals surface area (Å²) in [7, 11) is 0. The van der Waals surface area contributed by atoms with Gasteiger partial charge in [-0.1, -0.05) is 49.6 Å². The summed E-state index contributed by atoms with van der Waals surface area (Å²) in [5, 5.41) is 0. The molecule has 0 bridgehead atoms. The fraction of sp³-hybridized carbons (Fsp3) is 0.409. The zero-order chi connectivity index (χ0) is 18.1. The minimum absolute atomic E-state index is 0.630. The van der Waals surface area contributed by atoms with Gasteiger partial charge in [-0.05, 0) is 12.8 Å². The maximum absolute atomic E-state index is 4.84. The van der Waals surface area contributed by atoms with Crippen LogP contribution in [0.2, 0.25) is 0 Å². The minimum Gasteiger partial charge on any atom is -0.330 e. The van der Waals surface area contributed by atoms with Crippen molar-refractivity contribution in [3.05, 3.63) is 66.0 Å². The molecule has 1 aliphatic heterocycles. The zero-order valence-electron chi connectivity index (χ0n) is 15.6. The van der Waals surface area contributed by atoms with Gasteiger partial charge in [0.2, 0.25) is 0 Å². The summed E-state index contributed by atoms with van der Waals surface area (Å²) in [4.78, 5) is 16.3. The van der Waals surface area contributed by atoms with Gasteiger partial charge in [-0.25, -0.2) is 15.0 Å². The summed E-state index contributed by atoms with van der Waals surface area (Å²) < 4.78 is 2.42. The van der Waals surface area contributed by atoms with Crippen molar-refractivity contribution in [2.24, 2.45) is 0 Å². The van der Waals surface area contributed by atoms with Gasteiger partial charge in [0.15, 0.2) is 5.82 Å². The van der Waals surface area contributed by atoms with E-state index in [1.807, 2.05) is 36.9 Å². The fourth-order valence-corrected chi connectivity index (χ4v) is 4.43. The summed E-state index contributed by atoms with van der Waals surface area (Å²) in [5.41, 5.74) is 4.81. The van der Waals surface area contributed by atoms with Crippen LogP contribution >= 0.6 is 0 Å². The molecule has 0 N–H and O–H groups in total. The van der Waals surface area contributed by atoms with Gasteiger partial charge in [-0.15, -0.1) is 0 Å². The van der Waals surface area contributed by atoms with Crippen LogP contribution in [0.1, 0.15) is 55.1 Å². The molecule has 1 fully saturated rings. The standard InChI is InChI=1S/C22H25N5/c1-3-7-17(8-4-1)22-24-11-18-13-26(15-21(18)25-22)14-20-12-23-16-27(20)19-9-5-2-6-10-19/h1,3-4,7-8,11-12,16,19H,2,5-6,9-10,13-15H2. The molecule has 5 nitrogen and oxygen atoms in total. The summed E-state index contributed by atoms with van der Waals surface area (Å²) in [6.07, 6.45) is 12.7. The number of nitrogens with zero attached hydrogens (tertiary/aromatic N) is 5. The van der Waals surface area contributed by atoms with Gasteiger partial charge >= 0.3 is 0 Å². The second-order valence-corrected chi connectivity index (χ2v) is 7.76. The van der Waals surface area contributed by atoms with Crippen molar-refractivity contribution in [2.45, 2.75) is 57.8 Å². The molecule has 138 valence electrons. The van der Waals surface area contributed by atoms with E-state index in [9.17, 15) is 0 Å². The highest BCUT2D eigenvalue weighted by Gasteiger charge is 2.24. The Bertz CT molecular complexity index is 911. The molecule has 5 heteroatoms. The third kappa shape index (κ3) is 3.39. The fourth-order valence-electron chi connectivity index (χ4n) is 4.43. The lowest BCUT2D eigenvalue weighted by Crippen LogP contribution is -2.21. The summed E-state index contributed by atoms with van der Waals surface area (Å²) >= 11 is 0. The Hall–Kier alpha value is -2.53. The van der Waals surface area contributed by atoms with Crippen molar-refractivity contribution in [2.75, 3.05) is 0 Å². The number of rotatable bonds is 4. The Balaban J connectivity index is 1.31. The molecule has 5 rings (SSSR count). The maximum Gasteiger partial charge on any atom is 0.159 e. The van der Waals surface area contributed by atoms with Crippen LogP contribution in [-0.4, -0.2) is 24.4 Å². The number of fused-ring (bicyclic) bond motifs is 1. The molecule has 0 unspecified atom stereocenters. The van der Waals surface area contributed by atoms with E-state index in [1.54, 1.807) is 0 Å². The van der Waals surface area contributed by atoms with Gasteiger partial charge in [-0.2, -0.15) is 0 Å². The first kappa shape index (κ1) is 16.6. The van der Waals surface area contributed by atoms with Gasteiger partial charge in [-0.3, -0.25) is 4.90 Å². The average Bonchev–Trinajstić information content (AvgIpc) is 3.35. The van der Waals surface area contributed by atoms with Crippen LogP contribution in [0.5, 0.6) is 0 Å². The molecule has 2 aromatic heterocycles. The van der Waals surface area contributed by atoms with Gasteiger partial charge in [0.25, 0.3) is 0 Å². The van der Waals surface area contributed by atoms with Crippen molar-refractivity contribution in [3.8, 4) is 11.4 Å². The predicted octanol–water partition coefficient (Wildman–Crippen LogP) is 4.36. The third-order valence-corrected chi connectivity index (χ3v) is 5.85. The summed E-state index contributed by atoms with van der Waals surface area (Å²) in [6, 6.07) is 10.9. The maximum atomic E-state index is 4.84. The van der Waals surface area contributed by atoms with Crippen LogP contribution in [0.3, 0.4) is 0 Å². The van der Waals surface area contributed by atoms with Crippen LogP contribution in [0.4, 0.5) is 0 Å². The third-order valence-electron chi connectivity index (χ3n) is 5.85. The Labute approximate surface area is 160 Å². The normalized spacial score (nSPS) is 17.9. The minimum atomic E-state index is 0.630. The quantitative estimate of drug-likeness (QED) is 0.694. The van der Waals surface area contributed by atoms with E-state index in [0.29, 0.717) is 6.04 Å². The van der Waals surface area contributed by atoms with Crippen LogP contribution in [0.25, 0.3) is 11.4 Å². The van der Waals surface area contributed by atoms with E-state index >= 15 is 0 Å². The molecule has 1 aliphatic carbocycles. The monoisotopic (exact) mass is 359 g/mol. The largest absolute Gasteiger partial charge is 0.330 e. The highest BCUT2D eigenvalue weighted by Crippen LogP contribution is 2.30. The molecular formula is C22H25N5. The lowest BCUT2D eigenvalue weighted by atomic mass is 9.95.